The molecule has 1 aliphatic rings. The highest BCUT2D eigenvalue weighted by Gasteiger charge is 2.16. The van der Waals surface area contributed by atoms with Crippen molar-refractivity contribution < 1.29 is 5.11 Å². The van der Waals surface area contributed by atoms with Crippen LogP contribution in [0, 0.1) is 0 Å². The van der Waals surface area contributed by atoms with Gasteiger partial charge >= 0.3 is 0 Å². The van der Waals surface area contributed by atoms with Crippen molar-refractivity contribution in [1.29, 1.82) is 0 Å². The molecule has 1 fully saturated rings. The summed E-state index contributed by atoms with van der Waals surface area (Å²) in [5.74, 6) is 0. The lowest BCUT2D eigenvalue weighted by atomic mass is 9.99. The summed E-state index contributed by atoms with van der Waals surface area (Å²) in [4.78, 5) is 0. The molecule has 0 aromatic heterocycles. The Morgan fingerprint density at radius 3 is 2.29 bits per heavy atom. The Morgan fingerprint density at radius 1 is 1.18 bits per heavy atom. The first kappa shape index (κ1) is 15.0. The fourth-order valence-corrected chi connectivity index (χ4v) is 2.77. The summed E-state index contributed by atoms with van der Waals surface area (Å²) in [6, 6.07) is 1.34. The summed E-state index contributed by atoms with van der Waals surface area (Å²) in [6.45, 7) is 6.09. The van der Waals surface area contributed by atoms with Crippen molar-refractivity contribution >= 4 is 0 Å². The van der Waals surface area contributed by atoms with E-state index < -0.39 is 5.60 Å². The highest BCUT2D eigenvalue weighted by Crippen LogP contribution is 2.19. The van der Waals surface area contributed by atoms with E-state index in [1.807, 2.05) is 13.8 Å². The van der Waals surface area contributed by atoms with Crippen LogP contribution in [-0.4, -0.2) is 22.8 Å². The fraction of sp³-hybridized carbons (Fsp3) is 1.00. The molecule has 2 nitrogen and oxygen atoms in total. The largest absolute Gasteiger partial charge is 0.390 e. The Hall–Kier alpha value is -0.0800. The first-order chi connectivity index (χ1) is 7.97. The van der Waals surface area contributed by atoms with Gasteiger partial charge in [-0.15, -0.1) is 0 Å². The zero-order valence-electron chi connectivity index (χ0n) is 12.0. The molecule has 0 aromatic carbocycles. The van der Waals surface area contributed by atoms with Gasteiger partial charge in [0.2, 0.25) is 0 Å². The van der Waals surface area contributed by atoms with Gasteiger partial charge in [0, 0.05) is 12.1 Å². The van der Waals surface area contributed by atoms with Crippen LogP contribution in [0.1, 0.15) is 78.6 Å². The Morgan fingerprint density at radius 2 is 1.76 bits per heavy atom. The molecule has 0 aliphatic heterocycles. The SMILES string of the molecule is C[C@@H](CCCC(C)(C)O)NC1CCCCCC1. The topological polar surface area (TPSA) is 32.3 Å². The molecule has 1 aliphatic carbocycles. The Kier molecular flexibility index (Phi) is 6.50. The van der Waals surface area contributed by atoms with Crippen molar-refractivity contribution in [2.75, 3.05) is 0 Å². The van der Waals surface area contributed by atoms with Gasteiger partial charge in [-0.3, -0.25) is 0 Å². The lowest BCUT2D eigenvalue weighted by Crippen LogP contribution is -2.36. The first-order valence-electron chi connectivity index (χ1n) is 7.46. The number of hydrogen-bond acceptors (Lipinski definition) is 2. The molecular weight excluding hydrogens is 210 g/mol. The summed E-state index contributed by atoms with van der Waals surface area (Å²) in [7, 11) is 0. The van der Waals surface area contributed by atoms with Gasteiger partial charge in [-0.25, -0.2) is 0 Å². The van der Waals surface area contributed by atoms with E-state index in [4.69, 9.17) is 0 Å². The maximum Gasteiger partial charge on any atom is 0.0591 e. The van der Waals surface area contributed by atoms with Crippen molar-refractivity contribution in [2.24, 2.45) is 0 Å². The molecule has 0 amide bonds. The van der Waals surface area contributed by atoms with Crippen molar-refractivity contribution in [1.82, 2.24) is 5.32 Å². The van der Waals surface area contributed by atoms with Crippen molar-refractivity contribution in [3.63, 3.8) is 0 Å². The van der Waals surface area contributed by atoms with Crippen LogP contribution in [0.25, 0.3) is 0 Å². The minimum Gasteiger partial charge on any atom is -0.390 e. The van der Waals surface area contributed by atoms with E-state index in [-0.39, 0.29) is 0 Å². The fourth-order valence-electron chi connectivity index (χ4n) is 2.77. The predicted molar refractivity (Wildman–Crippen MR) is 74.2 cm³/mol. The van der Waals surface area contributed by atoms with Gasteiger partial charge in [0.25, 0.3) is 0 Å². The zero-order valence-corrected chi connectivity index (χ0v) is 12.0. The number of nitrogens with one attached hydrogen (secondary N) is 1. The van der Waals surface area contributed by atoms with Crippen LogP contribution < -0.4 is 5.32 Å². The zero-order chi connectivity index (χ0) is 12.7. The number of aliphatic hydroxyl groups is 1. The van der Waals surface area contributed by atoms with Gasteiger partial charge in [-0.2, -0.15) is 0 Å². The summed E-state index contributed by atoms with van der Waals surface area (Å²) >= 11 is 0. The Labute approximate surface area is 107 Å². The van der Waals surface area contributed by atoms with E-state index in [0.29, 0.717) is 6.04 Å². The Balaban J connectivity index is 2.12. The van der Waals surface area contributed by atoms with E-state index in [1.165, 1.54) is 44.9 Å². The Bertz CT molecular complexity index is 190. The van der Waals surface area contributed by atoms with E-state index in [1.54, 1.807) is 0 Å². The van der Waals surface area contributed by atoms with Crippen LogP contribution in [0.5, 0.6) is 0 Å². The molecule has 1 rings (SSSR count). The molecule has 0 unspecified atom stereocenters. The molecule has 1 atom stereocenters. The molecule has 0 aromatic rings. The summed E-state index contributed by atoms with van der Waals surface area (Å²) in [6.07, 6.45) is 11.6. The molecule has 0 saturated heterocycles. The van der Waals surface area contributed by atoms with Gasteiger partial charge in [-0.1, -0.05) is 25.7 Å². The normalized spacial score (nSPS) is 21.2. The van der Waals surface area contributed by atoms with Gasteiger partial charge in [0.1, 0.15) is 0 Å². The van der Waals surface area contributed by atoms with Gasteiger partial charge in [0.05, 0.1) is 5.60 Å². The van der Waals surface area contributed by atoms with Crippen LogP contribution in [0.4, 0.5) is 0 Å². The van der Waals surface area contributed by atoms with E-state index in [9.17, 15) is 5.11 Å². The summed E-state index contributed by atoms with van der Waals surface area (Å²) in [5, 5.41) is 13.4. The van der Waals surface area contributed by atoms with Crippen molar-refractivity contribution in [3.05, 3.63) is 0 Å². The third-order valence-corrected chi connectivity index (χ3v) is 3.80. The second-order valence-electron chi connectivity index (χ2n) is 6.46. The van der Waals surface area contributed by atoms with Gasteiger partial charge in [0.15, 0.2) is 0 Å². The molecule has 2 N–H and O–H groups in total. The van der Waals surface area contributed by atoms with E-state index in [2.05, 4.69) is 12.2 Å². The number of rotatable bonds is 6. The smallest absolute Gasteiger partial charge is 0.0591 e. The molecule has 0 bridgehead atoms. The molecule has 1 saturated carbocycles. The van der Waals surface area contributed by atoms with Crippen LogP contribution in [0.15, 0.2) is 0 Å². The summed E-state index contributed by atoms with van der Waals surface area (Å²) in [5.41, 5.74) is -0.498. The minimum atomic E-state index is -0.498. The van der Waals surface area contributed by atoms with Crippen LogP contribution >= 0.6 is 0 Å². The third kappa shape index (κ3) is 7.77. The van der Waals surface area contributed by atoms with E-state index in [0.717, 1.165) is 18.9 Å². The van der Waals surface area contributed by atoms with Crippen LogP contribution in [0.3, 0.4) is 0 Å². The highest BCUT2D eigenvalue weighted by atomic mass is 16.3. The second kappa shape index (κ2) is 7.38. The van der Waals surface area contributed by atoms with Crippen molar-refractivity contribution in [3.8, 4) is 0 Å². The molecule has 0 heterocycles. The molecule has 102 valence electrons. The van der Waals surface area contributed by atoms with Crippen molar-refractivity contribution in [2.45, 2.75) is 96.2 Å². The lowest BCUT2D eigenvalue weighted by Gasteiger charge is -2.23. The first-order valence-corrected chi connectivity index (χ1v) is 7.46. The minimum absolute atomic E-state index is 0.498. The average molecular weight is 241 g/mol. The predicted octanol–water partition coefficient (Wildman–Crippen LogP) is 3.63. The summed E-state index contributed by atoms with van der Waals surface area (Å²) < 4.78 is 0. The van der Waals surface area contributed by atoms with Gasteiger partial charge < -0.3 is 10.4 Å². The highest BCUT2D eigenvalue weighted by molar-refractivity contribution is 4.75. The molecule has 2 heteroatoms. The maximum atomic E-state index is 9.67. The van der Waals surface area contributed by atoms with Crippen LogP contribution in [-0.2, 0) is 0 Å². The second-order valence-corrected chi connectivity index (χ2v) is 6.46. The molecule has 0 radical (unpaired) electrons. The third-order valence-electron chi connectivity index (χ3n) is 3.80. The van der Waals surface area contributed by atoms with E-state index >= 15 is 0 Å². The molecular formula is C15H31NO. The monoisotopic (exact) mass is 241 g/mol. The van der Waals surface area contributed by atoms with Crippen LogP contribution in [0.2, 0.25) is 0 Å². The quantitative estimate of drug-likeness (QED) is 0.696. The van der Waals surface area contributed by atoms with Gasteiger partial charge in [-0.05, 0) is 52.9 Å². The lowest BCUT2D eigenvalue weighted by molar-refractivity contribution is 0.0674. The molecule has 0 spiro atoms. The number of hydrogen-bond donors (Lipinski definition) is 2. The molecule has 17 heavy (non-hydrogen) atoms. The average Bonchev–Trinajstić information content (AvgIpc) is 2.44. The maximum absolute atomic E-state index is 9.67. The standard InChI is InChI=1S/C15H31NO/c1-13(9-8-12-15(2,3)17)16-14-10-6-4-5-7-11-14/h13-14,16-17H,4-12H2,1-3H3/t13-/m0/s1.